The van der Waals surface area contributed by atoms with Crippen LogP contribution in [0.25, 0.3) is 69.9 Å². The minimum Gasteiger partial charge on any atom is -0.310 e. The second-order valence-electron chi connectivity index (χ2n) is 15.6. The van der Waals surface area contributed by atoms with E-state index < -0.39 is 0 Å². The lowest BCUT2D eigenvalue weighted by atomic mass is 9.87. The van der Waals surface area contributed by atoms with Crippen LogP contribution in [0.4, 0.5) is 17.1 Å². The molecule has 2 heteroatoms. The van der Waals surface area contributed by atoms with E-state index in [0.29, 0.717) is 5.92 Å². The Labute approximate surface area is 355 Å². The Kier molecular flexibility index (Phi) is 9.26. The van der Waals surface area contributed by atoms with Gasteiger partial charge in [-0.15, -0.1) is 11.3 Å². The predicted molar refractivity (Wildman–Crippen MR) is 259 cm³/mol. The van der Waals surface area contributed by atoms with Gasteiger partial charge in [-0.25, -0.2) is 0 Å². The summed E-state index contributed by atoms with van der Waals surface area (Å²) in [5, 5.41) is 5.12. The van der Waals surface area contributed by atoms with E-state index in [1.54, 1.807) is 0 Å². The minimum absolute atomic E-state index is 0.313. The van der Waals surface area contributed by atoms with E-state index >= 15 is 0 Å². The number of rotatable bonds is 8. The van der Waals surface area contributed by atoms with Crippen LogP contribution in [-0.4, -0.2) is 0 Å². The predicted octanol–water partition coefficient (Wildman–Crippen LogP) is 16.8. The summed E-state index contributed by atoms with van der Waals surface area (Å²) in [6, 6.07) is 77.6. The third kappa shape index (κ3) is 6.71. The van der Waals surface area contributed by atoms with Gasteiger partial charge in [-0.3, -0.25) is 0 Å². The Hall–Kier alpha value is -7.26. The summed E-state index contributed by atoms with van der Waals surface area (Å²) < 4.78 is 2.60. The summed E-state index contributed by atoms with van der Waals surface area (Å²) in [6.07, 6.45) is 8.06. The molecule has 0 saturated carbocycles. The highest BCUT2D eigenvalue weighted by Gasteiger charge is 2.20. The molecule has 0 saturated heterocycles. The Morgan fingerprint density at radius 1 is 0.433 bits per heavy atom. The van der Waals surface area contributed by atoms with Crippen LogP contribution in [0, 0.1) is 0 Å². The van der Waals surface area contributed by atoms with Gasteiger partial charge in [-0.1, -0.05) is 176 Å². The number of thiophene rings is 1. The van der Waals surface area contributed by atoms with Gasteiger partial charge in [-0.05, 0) is 122 Å². The molecule has 1 aliphatic rings. The number of anilines is 3. The molecule has 0 radical (unpaired) electrons. The SMILES string of the molecule is C1=CC(c2ccc(N(c3ccc(-c4ccccc4-c4ccccc4)cc3)c3cccc4sc5ccccc5c34)cc2)CC=C1c1cccc(-c2ccc3ccccc3c2)c1. The fourth-order valence-corrected chi connectivity index (χ4v) is 10.1. The minimum atomic E-state index is 0.313. The Morgan fingerprint density at radius 2 is 1.03 bits per heavy atom. The van der Waals surface area contributed by atoms with Crippen LogP contribution < -0.4 is 4.90 Å². The Morgan fingerprint density at radius 3 is 1.82 bits per heavy atom. The van der Waals surface area contributed by atoms with Gasteiger partial charge in [0.05, 0.1) is 5.69 Å². The van der Waals surface area contributed by atoms with Crippen molar-refractivity contribution < 1.29 is 0 Å². The zero-order valence-corrected chi connectivity index (χ0v) is 33.9. The maximum atomic E-state index is 2.44. The third-order valence-corrected chi connectivity index (χ3v) is 13.2. The summed E-state index contributed by atoms with van der Waals surface area (Å²) in [7, 11) is 0. The number of hydrogen-bond acceptors (Lipinski definition) is 2. The molecule has 0 N–H and O–H groups in total. The molecule has 10 aromatic rings. The smallest absolute Gasteiger partial charge is 0.0554 e. The summed E-state index contributed by atoms with van der Waals surface area (Å²) >= 11 is 1.86. The molecule has 0 spiro atoms. The molecule has 1 atom stereocenters. The number of hydrogen-bond donors (Lipinski definition) is 0. The Bertz CT molecular complexity index is 3220. The van der Waals surface area contributed by atoms with E-state index in [-0.39, 0.29) is 0 Å². The van der Waals surface area contributed by atoms with Gasteiger partial charge in [0, 0.05) is 37.5 Å². The van der Waals surface area contributed by atoms with Crippen LogP contribution in [0.1, 0.15) is 23.5 Å². The lowest BCUT2D eigenvalue weighted by molar-refractivity contribution is 0.856. The topological polar surface area (TPSA) is 3.24 Å². The summed E-state index contributed by atoms with van der Waals surface area (Å²) in [4.78, 5) is 2.44. The highest BCUT2D eigenvalue weighted by molar-refractivity contribution is 7.26. The molecular formula is C58H41NS. The highest BCUT2D eigenvalue weighted by atomic mass is 32.1. The summed E-state index contributed by atoms with van der Waals surface area (Å²) in [5.41, 5.74) is 14.7. The van der Waals surface area contributed by atoms with Crippen molar-refractivity contribution in [3.63, 3.8) is 0 Å². The average molecular weight is 784 g/mol. The molecule has 1 unspecified atom stereocenters. The molecule has 0 bridgehead atoms. The van der Waals surface area contributed by atoms with E-state index in [2.05, 4.69) is 235 Å². The van der Waals surface area contributed by atoms with Crippen molar-refractivity contribution >= 4 is 64.9 Å². The van der Waals surface area contributed by atoms with Gasteiger partial charge >= 0.3 is 0 Å². The first-order chi connectivity index (χ1) is 29.7. The van der Waals surface area contributed by atoms with E-state index in [1.165, 1.54) is 86.7 Å². The molecule has 1 aromatic heterocycles. The molecule has 284 valence electrons. The molecule has 1 aliphatic carbocycles. The van der Waals surface area contributed by atoms with Crippen LogP contribution in [0.5, 0.6) is 0 Å². The standard InChI is InChI=1S/C58H41NS/c1-2-13-44(14-3-1)52-18-6-7-19-53(52)45-32-36-51(37-33-45)59(55-21-11-23-57-58(55)54-20-8-9-22-56(54)60-57)50-34-30-42(31-35-50)41-24-26-43(27-25-41)47-16-10-17-48(38-47)49-29-28-40-12-4-5-15-46(40)39-49/h1-24,26-39,41H,25H2. The molecule has 0 fully saturated rings. The first-order valence-electron chi connectivity index (χ1n) is 20.8. The molecular weight excluding hydrogens is 743 g/mol. The first-order valence-corrected chi connectivity index (χ1v) is 21.6. The molecule has 0 amide bonds. The maximum absolute atomic E-state index is 2.44. The summed E-state index contributed by atoms with van der Waals surface area (Å²) in [6.45, 7) is 0. The number of nitrogens with zero attached hydrogens (tertiary/aromatic N) is 1. The quantitative estimate of drug-likeness (QED) is 0.148. The van der Waals surface area contributed by atoms with Gasteiger partial charge in [0.1, 0.15) is 0 Å². The fraction of sp³-hybridized carbons (Fsp3) is 0.0345. The van der Waals surface area contributed by atoms with Crippen molar-refractivity contribution in [1.82, 2.24) is 0 Å². The largest absolute Gasteiger partial charge is 0.310 e. The highest BCUT2D eigenvalue weighted by Crippen LogP contribution is 2.46. The van der Waals surface area contributed by atoms with Crippen LogP contribution in [0.2, 0.25) is 0 Å². The van der Waals surface area contributed by atoms with E-state index in [1.807, 2.05) is 11.3 Å². The van der Waals surface area contributed by atoms with Gasteiger partial charge in [0.2, 0.25) is 0 Å². The number of fused-ring (bicyclic) bond motifs is 4. The van der Waals surface area contributed by atoms with Gasteiger partial charge in [0.15, 0.2) is 0 Å². The number of benzene rings is 9. The van der Waals surface area contributed by atoms with E-state index in [0.717, 1.165) is 17.8 Å². The zero-order valence-electron chi connectivity index (χ0n) is 33.1. The lowest BCUT2D eigenvalue weighted by Gasteiger charge is -2.27. The zero-order chi connectivity index (χ0) is 39.8. The molecule has 1 nitrogen and oxygen atoms in total. The average Bonchev–Trinajstić information content (AvgIpc) is 3.72. The van der Waals surface area contributed by atoms with Crippen molar-refractivity contribution in [3.05, 3.63) is 242 Å². The van der Waals surface area contributed by atoms with Crippen LogP contribution in [0.15, 0.2) is 231 Å². The molecule has 1 heterocycles. The molecule has 60 heavy (non-hydrogen) atoms. The normalized spacial score (nSPS) is 13.8. The van der Waals surface area contributed by atoms with Gasteiger partial charge in [0.25, 0.3) is 0 Å². The van der Waals surface area contributed by atoms with E-state index in [4.69, 9.17) is 0 Å². The van der Waals surface area contributed by atoms with Crippen LogP contribution >= 0.6 is 11.3 Å². The molecule has 11 rings (SSSR count). The van der Waals surface area contributed by atoms with Crippen LogP contribution in [-0.2, 0) is 0 Å². The number of allylic oxidation sites excluding steroid dienone is 4. The molecule has 9 aromatic carbocycles. The van der Waals surface area contributed by atoms with Gasteiger partial charge in [-0.2, -0.15) is 0 Å². The van der Waals surface area contributed by atoms with Crippen molar-refractivity contribution in [2.24, 2.45) is 0 Å². The summed E-state index contributed by atoms with van der Waals surface area (Å²) in [5.74, 6) is 0.313. The van der Waals surface area contributed by atoms with E-state index in [9.17, 15) is 0 Å². The second-order valence-corrected chi connectivity index (χ2v) is 16.7. The molecule has 0 aliphatic heterocycles. The van der Waals surface area contributed by atoms with Gasteiger partial charge < -0.3 is 4.90 Å². The Balaban J connectivity index is 0.911. The fourth-order valence-electron chi connectivity index (χ4n) is 8.96. The third-order valence-electron chi connectivity index (χ3n) is 12.0. The second kappa shape index (κ2) is 15.5. The maximum Gasteiger partial charge on any atom is 0.0554 e. The van der Waals surface area contributed by atoms with Crippen molar-refractivity contribution in [2.75, 3.05) is 4.90 Å². The van der Waals surface area contributed by atoms with Crippen LogP contribution in [0.3, 0.4) is 0 Å². The first kappa shape index (κ1) is 35.9. The van der Waals surface area contributed by atoms with Crippen molar-refractivity contribution in [3.8, 4) is 33.4 Å². The lowest BCUT2D eigenvalue weighted by Crippen LogP contribution is -2.10. The monoisotopic (exact) mass is 783 g/mol. The van der Waals surface area contributed by atoms with Crippen molar-refractivity contribution in [1.29, 1.82) is 0 Å². The van der Waals surface area contributed by atoms with Crippen molar-refractivity contribution in [2.45, 2.75) is 12.3 Å².